The third kappa shape index (κ3) is 5.27. The number of hydrogen-bond acceptors (Lipinski definition) is 4. The van der Waals surface area contributed by atoms with E-state index < -0.39 is 29.4 Å². The quantitative estimate of drug-likeness (QED) is 0.437. The van der Waals surface area contributed by atoms with E-state index in [1.54, 1.807) is 20.8 Å². The summed E-state index contributed by atoms with van der Waals surface area (Å²) in [4.78, 5) is 25.6. The molecule has 1 atom stereocenters. The van der Waals surface area contributed by atoms with Gasteiger partial charge in [0.15, 0.2) is 0 Å². The lowest BCUT2D eigenvalue weighted by Gasteiger charge is -2.40. The highest BCUT2D eigenvalue weighted by molar-refractivity contribution is 6.30. The highest BCUT2D eigenvalue weighted by Gasteiger charge is 2.63. The molecule has 1 aromatic rings. The molecule has 1 fully saturated rings. The van der Waals surface area contributed by atoms with Crippen molar-refractivity contribution >= 4 is 29.4 Å². The van der Waals surface area contributed by atoms with Gasteiger partial charge in [0.1, 0.15) is 5.60 Å². The number of rotatable bonds is 4. The van der Waals surface area contributed by atoms with E-state index in [1.807, 2.05) is 0 Å². The Kier molecular flexibility index (Phi) is 6.21. The van der Waals surface area contributed by atoms with Crippen LogP contribution in [0.4, 0.5) is 23.7 Å². The maximum absolute atomic E-state index is 14.2. The van der Waals surface area contributed by atoms with Gasteiger partial charge < -0.3 is 9.47 Å². The van der Waals surface area contributed by atoms with Crippen molar-refractivity contribution in [3.8, 4) is 11.8 Å². The normalized spacial score (nSPS) is 21.0. The van der Waals surface area contributed by atoms with Crippen LogP contribution < -0.4 is 4.90 Å². The van der Waals surface area contributed by atoms with Crippen LogP contribution in [0.25, 0.3) is 0 Å². The highest BCUT2D eigenvalue weighted by atomic mass is 35.5. The summed E-state index contributed by atoms with van der Waals surface area (Å²) in [6.45, 7) is 5.15. The number of anilines is 1. The smallest absolute Gasteiger partial charge is 0.445 e. The molecule has 5 nitrogen and oxygen atoms in total. The lowest BCUT2D eigenvalue weighted by molar-refractivity contribution is -0.240. The summed E-state index contributed by atoms with van der Waals surface area (Å²) in [6, 6.07) is 3.86. The molecule has 1 aliphatic carbocycles. The van der Waals surface area contributed by atoms with E-state index in [0.717, 1.165) is 11.0 Å². The Morgan fingerprint density at radius 2 is 2.00 bits per heavy atom. The van der Waals surface area contributed by atoms with Crippen molar-refractivity contribution in [2.24, 2.45) is 5.92 Å². The molecular weight excluding hydrogens is 435 g/mol. The second kappa shape index (κ2) is 8.27. The zero-order valence-electron chi connectivity index (χ0n) is 17.4. The number of cyclic esters (lactones) is 1. The van der Waals surface area contributed by atoms with E-state index in [0.29, 0.717) is 12.8 Å². The lowest BCUT2D eigenvalue weighted by Crippen LogP contribution is -2.53. The van der Waals surface area contributed by atoms with E-state index in [9.17, 15) is 22.8 Å². The number of amides is 1. The van der Waals surface area contributed by atoms with Crippen molar-refractivity contribution in [3.63, 3.8) is 0 Å². The van der Waals surface area contributed by atoms with Gasteiger partial charge >= 0.3 is 18.2 Å². The van der Waals surface area contributed by atoms with Crippen LogP contribution in [0.3, 0.4) is 0 Å². The van der Waals surface area contributed by atoms with Crippen LogP contribution in [0.5, 0.6) is 0 Å². The number of esters is 1. The summed E-state index contributed by atoms with van der Waals surface area (Å²) < 4.78 is 52.8. The third-order valence-electron chi connectivity index (χ3n) is 4.70. The van der Waals surface area contributed by atoms with Crippen LogP contribution in [0, 0.1) is 17.8 Å². The number of halogens is 4. The van der Waals surface area contributed by atoms with Gasteiger partial charge in [0.05, 0.1) is 5.69 Å². The van der Waals surface area contributed by atoms with Gasteiger partial charge in [-0.25, -0.2) is 4.79 Å². The van der Waals surface area contributed by atoms with Crippen molar-refractivity contribution < 1.29 is 32.2 Å². The predicted molar refractivity (Wildman–Crippen MR) is 109 cm³/mol. The van der Waals surface area contributed by atoms with Crippen molar-refractivity contribution in [2.45, 2.75) is 63.8 Å². The zero-order chi connectivity index (χ0) is 23.0. The van der Waals surface area contributed by atoms with Crippen molar-refractivity contribution in [2.75, 3.05) is 11.4 Å². The fourth-order valence-corrected chi connectivity index (χ4v) is 3.33. The number of hydrogen-bond donors (Lipinski definition) is 0. The Balaban J connectivity index is 1.90. The molecule has 0 N–H and O–H groups in total. The minimum Gasteiger partial charge on any atom is -0.460 e. The largest absolute Gasteiger partial charge is 0.460 e. The molecule has 0 aromatic heterocycles. The molecule has 1 amide bonds. The van der Waals surface area contributed by atoms with Crippen LogP contribution in [0.2, 0.25) is 5.02 Å². The molecule has 1 heterocycles. The van der Waals surface area contributed by atoms with Gasteiger partial charge in [-0.2, -0.15) is 13.2 Å². The van der Waals surface area contributed by atoms with E-state index in [-0.39, 0.29) is 41.6 Å². The standard InChI is InChI=1S/C22H23ClF3NO4/c1-20(2,3)30-18(28)5-4-12-27-17-9-8-15(23)13-16(17)21(22(24,25)26,31-19(27)29)11-10-14-6-7-14/h8-9,13-14H,4-7,12H2,1-3H3/t21-/m0/s1. The molecule has 0 radical (unpaired) electrons. The van der Waals surface area contributed by atoms with Gasteiger partial charge in [-0.15, -0.1) is 0 Å². The fourth-order valence-electron chi connectivity index (χ4n) is 3.16. The fraction of sp³-hybridized carbons (Fsp3) is 0.545. The number of carbonyl (C=O) groups excluding carboxylic acids is 2. The van der Waals surface area contributed by atoms with Crippen molar-refractivity contribution in [1.82, 2.24) is 0 Å². The number of fused-ring (bicyclic) bond motifs is 1. The SMILES string of the molecule is CC(C)(C)OC(=O)CCCN1C(=O)O[C@](C#CC2CC2)(C(F)(F)F)c2cc(Cl)ccc21. The van der Waals surface area contributed by atoms with E-state index in [4.69, 9.17) is 21.1 Å². The van der Waals surface area contributed by atoms with Crippen molar-refractivity contribution in [1.29, 1.82) is 0 Å². The second-order valence-electron chi connectivity index (χ2n) is 8.59. The third-order valence-corrected chi connectivity index (χ3v) is 4.94. The highest BCUT2D eigenvalue weighted by Crippen LogP contribution is 2.49. The first-order valence-corrected chi connectivity index (χ1v) is 10.3. The van der Waals surface area contributed by atoms with Crippen LogP contribution in [0.1, 0.15) is 52.0 Å². The van der Waals surface area contributed by atoms with Gasteiger partial charge in [0.2, 0.25) is 0 Å². The number of alkyl halides is 3. The molecule has 1 aromatic carbocycles. The molecule has 2 aliphatic rings. The Morgan fingerprint density at radius 1 is 1.32 bits per heavy atom. The molecule has 0 bridgehead atoms. The number of nitrogens with zero attached hydrogens (tertiary/aromatic N) is 1. The second-order valence-corrected chi connectivity index (χ2v) is 9.03. The average Bonchev–Trinajstić information content (AvgIpc) is 3.44. The first kappa shape index (κ1) is 23.3. The van der Waals surface area contributed by atoms with Gasteiger partial charge in [-0.3, -0.25) is 9.69 Å². The minimum absolute atomic E-state index is 0.00409. The summed E-state index contributed by atoms with van der Waals surface area (Å²) in [6.07, 6.45) is -4.54. The molecule has 0 saturated heterocycles. The van der Waals surface area contributed by atoms with E-state index >= 15 is 0 Å². The minimum atomic E-state index is -4.97. The van der Waals surface area contributed by atoms with Crippen molar-refractivity contribution in [3.05, 3.63) is 28.8 Å². The summed E-state index contributed by atoms with van der Waals surface area (Å²) in [5.41, 5.74) is -4.07. The molecule has 9 heteroatoms. The van der Waals surface area contributed by atoms with Gasteiger partial charge in [-0.05, 0) is 64.2 Å². The molecule has 168 valence electrons. The first-order valence-electron chi connectivity index (χ1n) is 9.94. The molecule has 1 saturated carbocycles. The number of ether oxygens (including phenoxy) is 2. The number of benzene rings is 1. The summed E-state index contributed by atoms with van der Waals surface area (Å²) in [5, 5.41) is 0.0623. The van der Waals surface area contributed by atoms with Gasteiger partial charge in [-0.1, -0.05) is 17.5 Å². The molecule has 0 spiro atoms. The predicted octanol–water partition coefficient (Wildman–Crippen LogP) is 5.59. The Labute approximate surface area is 183 Å². The van der Waals surface area contributed by atoms with Gasteiger partial charge in [0, 0.05) is 29.5 Å². The summed E-state index contributed by atoms with van der Waals surface area (Å²) >= 11 is 5.98. The Hall–Kier alpha value is -2.40. The zero-order valence-corrected chi connectivity index (χ0v) is 18.2. The van der Waals surface area contributed by atoms with Crippen LogP contribution in [0.15, 0.2) is 18.2 Å². The number of carbonyl (C=O) groups is 2. The van der Waals surface area contributed by atoms with Crippen LogP contribution in [-0.4, -0.2) is 30.4 Å². The molecular formula is C22H23ClF3NO4. The average molecular weight is 458 g/mol. The van der Waals surface area contributed by atoms with Crippen LogP contribution >= 0.6 is 11.6 Å². The molecule has 3 rings (SSSR count). The molecule has 0 unspecified atom stereocenters. The topological polar surface area (TPSA) is 55.8 Å². The summed E-state index contributed by atoms with van der Waals surface area (Å²) in [5.74, 6) is 4.18. The first-order chi connectivity index (χ1) is 14.3. The van der Waals surface area contributed by atoms with Crippen LogP contribution in [-0.2, 0) is 19.9 Å². The maximum Gasteiger partial charge on any atom is 0.445 e. The lowest BCUT2D eigenvalue weighted by atomic mass is 9.89. The molecule has 31 heavy (non-hydrogen) atoms. The maximum atomic E-state index is 14.2. The summed E-state index contributed by atoms with van der Waals surface area (Å²) in [7, 11) is 0. The van der Waals surface area contributed by atoms with Gasteiger partial charge in [0.25, 0.3) is 5.60 Å². The van der Waals surface area contributed by atoms with E-state index in [2.05, 4.69) is 11.8 Å². The Morgan fingerprint density at radius 3 is 2.58 bits per heavy atom. The monoisotopic (exact) mass is 457 g/mol. The Bertz CT molecular complexity index is 941. The van der Waals surface area contributed by atoms with E-state index in [1.165, 1.54) is 12.1 Å². The molecule has 1 aliphatic heterocycles.